The Labute approximate surface area is 104 Å². The molecule has 0 bridgehead atoms. The second kappa shape index (κ2) is 4.63. The number of nitrogens with one attached hydrogen (secondary N) is 1. The molecule has 0 aliphatic heterocycles. The molecule has 0 atom stereocenters. The van der Waals surface area contributed by atoms with Crippen LogP contribution < -0.4 is 11.1 Å². The second-order valence-electron chi connectivity index (χ2n) is 3.82. The van der Waals surface area contributed by atoms with E-state index in [1.807, 2.05) is 6.92 Å². The van der Waals surface area contributed by atoms with E-state index in [1.54, 1.807) is 24.3 Å². The van der Waals surface area contributed by atoms with Gasteiger partial charge in [-0.05, 0) is 48.9 Å². The maximum absolute atomic E-state index is 12.8. The summed E-state index contributed by atoms with van der Waals surface area (Å²) in [5.41, 5.74) is 8.88. The fourth-order valence-electron chi connectivity index (χ4n) is 1.53. The Morgan fingerprint density at radius 1 is 1.18 bits per heavy atom. The second-order valence-corrected chi connectivity index (χ2v) is 4.23. The summed E-state index contributed by atoms with van der Waals surface area (Å²) in [6.07, 6.45) is 0. The number of nitrogens with two attached hydrogens (primary N) is 1. The molecule has 0 heterocycles. The highest BCUT2D eigenvalue weighted by Gasteiger charge is 2.04. The van der Waals surface area contributed by atoms with Crippen molar-refractivity contribution in [3.8, 4) is 0 Å². The van der Waals surface area contributed by atoms with Crippen molar-refractivity contribution in [2.75, 3.05) is 11.1 Å². The van der Waals surface area contributed by atoms with E-state index in [0.29, 0.717) is 10.7 Å². The van der Waals surface area contributed by atoms with E-state index < -0.39 is 0 Å². The minimum Gasteiger partial charge on any atom is -0.398 e. The predicted molar refractivity (Wildman–Crippen MR) is 70.3 cm³/mol. The van der Waals surface area contributed by atoms with Crippen LogP contribution in [0.5, 0.6) is 0 Å². The third kappa shape index (κ3) is 2.68. The number of halogens is 2. The average Bonchev–Trinajstić information content (AvgIpc) is 2.29. The van der Waals surface area contributed by atoms with Gasteiger partial charge >= 0.3 is 0 Å². The van der Waals surface area contributed by atoms with Crippen molar-refractivity contribution >= 4 is 28.7 Å². The largest absolute Gasteiger partial charge is 0.398 e. The predicted octanol–water partition coefficient (Wildman–Crippen LogP) is 4.11. The van der Waals surface area contributed by atoms with E-state index in [-0.39, 0.29) is 5.82 Å². The van der Waals surface area contributed by atoms with Gasteiger partial charge in [-0.3, -0.25) is 0 Å². The number of hydrogen-bond donors (Lipinski definition) is 2. The standard InChI is InChI=1S/C13H12ClFN2/c1-8-6-12(16)11(14)7-13(8)17-10-4-2-9(15)3-5-10/h2-7,17H,16H2,1H3. The summed E-state index contributed by atoms with van der Waals surface area (Å²) < 4.78 is 12.8. The van der Waals surface area contributed by atoms with E-state index in [9.17, 15) is 4.39 Å². The number of anilines is 3. The smallest absolute Gasteiger partial charge is 0.123 e. The first kappa shape index (κ1) is 11.7. The quantitative estimate of drug-likeness (QED) is 0.787. The number of benzene rings is 2. The van der Waals surface area contributed by atoms with Crippen molar-refractivity contribution in [2.45, 2.75) is 6.92 Å². The van der Waals surface area contributed by atoms with Crippen LogP contribution in [0.15, 0.2) is 36.4 Å². The van der Waals surface area contributed by atoms with Crippen LogP contribution in [0, 0.1) is 12.7 Å². The zero-order chi connectivity index (χ0) is 12.4. The van der Waals surface area contributed by atoms with Gasteiger partial charge in [-0.1, -0.05) is 11.6 Å². The van der Waals surface area contributed by atoms with Gasteiger partial charge in [-0.2, -0.15) is 0 Å². The van der Waals surface area contributed by atoms with E-state index >= 15 is 0 Å². The molecule has 0 spiro atoms. The summed E-state index contributed by atoms with van der Waals surface area (Å²) in [5, 5.41) is 3.66. The summed E-state index contributed by atoms with van der Waals surface area (Å²) in [4.78, 5) is 0. The van der Waals surface area contributed by atoms with E-state index in [0.717, 1.165) is 16.9 Å². The van der Waals surface area contributed by atoms with Crippen LogP contribution in [0.25, 0.3) is 0 Å². The average molecular weight is 251 g/mol. The molecule has 0 aliphatic rings. The normalized spacial score (nSPS) is 10.3. The molecule has 0 fully saturated rings. The SMILES string of the molecule is Cc1cc(N)c(Cl)cc1Nc1ccc(F)cc1. The minimum absolute atomic E-state index is 0.261. The fraction of sp³-hybridized carbons (Fsp3) is 0.0769. The molecule has 0 aromatic heterocycles. The Morgan fingerprint density at radius 3 is 2.47 bits per heavy atom. The Morgan fingerprint density at radius 2 is 1.82 bits per heavy atom. The molecule has 0 radical (unpaired) electrons. The molecule has 0 aliphatic carbocycles. The van der Waals surface area contributed by atoms with Gasteiger partial charge in [0, 0.05) is 11.4 Å². The Bertz CT molecular complexity index is 538. The first-order valence-electron chi connectivity index (χ1n) is 5.14. The molecular formula is C13H12ClFN2. The minimum atomic E-state index is -0.261. The third-order valence-electron chi connectivity index (χ3n) is 2.47. The van der Waals surface area contributed by atoms with Gasteiger partial charge in [0.25, 0.3) is 0 Å². The first-order chi connectivity index (χ1) is 8.06. The zero-order valence-corrected chi connectivity index (χ0v) is 10.1. The molecule has 2 nitrogen and oxygen atoms in total. The number of aryl methyl sites for hydroxylation is 1. The van der Waals surface area contributed by atoms with Crippen LogP contribution in [0.2, 0.25) is 5.02 Å². The molecule has 0 amide bonds. The van der Waals surface area contributed by atoms with Crippen LogP contribution >= 0.6 is 11.6 Å². The van der Waals surface area contributed by atoms with Gasteiger partial charge in [-0.25, -0.2) is 4.39 Å². The Kier molecular flexibility index (Phi) is 3.20. The van der Waals surface area contributed by atoms with Crippen LogP contribution in [-0.4, -0.2) is 0 Å². The molecular weight excluding hydrogens is 239 g/mol. The van der Waals surface area contributed by atoms with Crippen molar-refractivity contribution in [3.05, 3.63) is 52.8 Å². The number of hydrogen-bond acceptors (Lipinski definition) is 2. The summed E-state index contributed by atoms with van der Waals surface area (Å²) in [6, 6.07) is 9.69. The summed E-state index contributed by atoms with van der Waals surface area (Å²) in [7, 11) is 0. The molecule has 0 saturated heterocycles. The van der Waals surface area contributed by atoms with Gasteiger partial charge in [0.1, 0.15) is 5.82 Å². The van der Waals surface area contributed by atoms with Crippen molar-refractivity contribution in [1.29, 1.82) is 0 Å². The van der Waals surface area contributed by atoms with Crippen LogP contribution in [0.4, 0.5) is 21.5 Å². The maximum Gasteiger partial charge on any atom is 0.123 e. The lowest BCUT2D eigenvalue weighted by molar-refractivity contribution is 0.628. The highest BCUT2D eigenvalue weighted by Crippen LogP contribution is 2.28. The molecule has 0 unspecified atom stereocenters. The van der Waals surface area contributed by atoms with E-state index in [2.05, 4.69) is 5.32 Å². The van der Waals surface area contributed by atoms with Gasteiger partial charge < -0.3 is 11.1 Å². The number of nitrogen functional groups attached to an aromatic ring is 1. The summed E-state index contributed by atoms with van der Waals surface area (Å²) in [6.45, 7) is 1.93. The van der Waals surface area contributed by atoms with Gasteiger partial charge in [0.15, 0.2) is 0 Å². The maximum atomic E-state index is 12.8. The third-order valence-corrected chi connectivity index (χ3v) is 2.79. The Balaban J connectivity index is 2.30. The molecule has 2 aromatic rings. The summed E-state index contributed by atoms with van der Waals surface area (Å²) >= 11 is 5.95. The highest BCUT2D eigenvalue weighted by atomic mass is 35.5. The fourth-order valence-corrected chi connectivity index (χ4v) is 1.69. The van der Waals surface area contributed by atoms with Crippen molar-refractivity contribution in [2.24, 2.45) is 0 Å². The van der Waals surface area contributed by atoms with Crippen molar-refractivity contribution in [3.63, 3.8) is 0 Å². The molecule has 4 heteroatoms. The molecule has 2 rings (SSSR count). The van der Waals surface area contributed by atoms with Crippen molar-refractivity contribution in [1.82, 2.24) is 0 Å². The zero-order valence-electron chi connectivity index (χ0n) is 9.30. The van der Waals surface area contributed by atoms with Crippen LogP contribution in [0.3, 0.4) is 0 Å². The van der Waals surface area contributed by atoms with E-state index in [1.165, 1.54) is 12.1 Å². The van der Waals surface area contributed by atoms with E-state index in [4.69, 9.17) is 17.3 Å². The lowest BCUT2D eigenvalue weighted by Crippen LogP contribution is -1.95. The molecule has 3 N–H and O–H groups in total. The van der Waals surface area contributed by atoms with Gasteiger partial charge in [0.05, 0.1) is 10.7 Å². The monoisotopic (exact) mass is 250 g/mol. The topological polar surface area (TPSA) is 38.0 Å². The molecule has 2 aromatic carbocycles. The van der Waals surface area contributed by atoms with Crippen LogP contribution in [0.1, 0.15) is 5.56 Å². The number of rotatable bonds is 2. The van der Waals surface area contributed by atoms with Crippen LogP contribution in [-0.2, 0) is 0 Å². The molecule has 17 heavy (non-hydrogen) atoms. The Hall–Kier alpha value is -1.74. The highest BCUT2D eigenvalue weighted by molar-refractivity contribution is 6.33. The molecule has 88 valence electrons. The lowest BCUT2D eigenvalue weighted by Gasteiger charge is -2.11. The van der Waals surface area contributed by atoms with Gasteiger partial charge in [-0.15, -0.1) is 0 Å². The van der Waals surface area contributed by atoms with Crippen molar-refractivity contribution < 1.29 is 4.39 Å². The lowest BCUT2D eigenvalue weighted by atomic mass is 10.1. The first-order valence-corrected chi connectivity index (χ1v) is 5.52. The summed E-state index contributed by atoms with van der Waals surface area (Å²) in [5.74, 6) is -0.261. The molecule has 0 saturated carbocycles. The van der Waals surface area contributed by atoms with Gasteiger partial charge in [0.2, 0.25) is 0 Å².